The lowest BCUT2D eigenvalue weighted by Gasteiger charge is -2.18. The van der Waals surface area contributed by atoms with Crippen molar-refractivity contribution in [3.8, 4) is 0 Å². The summed E-state index contributed by atoms with van der Waals surface area (Å²) in [6, 6.07) is 0. The second-order valence-electron chi connectivity index (χ2n) is 5.82. The molecule has 18 heavy (non-hydrogen) atoms. The van der Waals surface area contributed by atoms with Crippen LogP contribution >= 0.6 is 0 Å². The molecule has 1 fully saturated rings. The Morgan fingerprint density at radius 3 is 2.39 bits per heavy atom. The van der Waals surface area contributed by atoms with Crippen molar-refractivity contribution >= 4 is 0 Å². The normalized spacial score (nSPS) is 20.2. The van der Waals surface area contributed by atoms with Crippen molar-refractivity contribution in [2.45, 2.75) is 96.9 Å². The molecular formula is C16H32O2. The van der Waals surface area contributed by atoms with E-state index in [4.69, 9.17) is 9.47 Å². The molecule has 0 aliphatic heterocycles. The average molecular weight is 256 g/mol. The molecule has 0 aromatic heterocycles. The van der Waals surface area contributed by atoms with Crippen LogP contribution in [0, 0.1) is 0 Å². The van der Waals surface area contributed by atoms with Crippen LogP contribution in [0.25, 0.3) is 0 Å². The van der Waals surface area contributed by atoms with Crippen LogP contribution in [0.1, 0.15) is 78.6 Å². The van der Waals surface area contributed by atoms with E-state index in [0.29, 0.717) is 18.3 Å². The van der Waals surface area contributed by atoms with E-state index < -0.39 is 0 Å². The molecule has 1 aliphatic carbocycles. The molecule has 0 saturated heterocycles. The van der Waals surface area contributed by atoms with Gasteiger partial charge in [0.1, 0.15) is 0 Å². The van der Waals surface area contributed by atoms with Crippen molar-refractivity contribution in [1.82, 2.24) is 0 Å². The summed E-state index contributed by atoms with van der Waals surface area (Å²) >= 11 is 0. The van der Waals surface area contributed by atoms with Gasteiger partial charge in [0.15, 0.2) is 0 Å². The van der Waals surface area contributed by atoms with Gasteiger partial charge < -0.3 is 9.47 Å². The predicted octanol–water partition coefficient (Wildman–Crippen LogP) is 4.71. The molecule has 2 atom stereocenters. The molecule has 0 bridgehead atoms. The van der Waals surface area contributed by atoms with Crippen LogP contribution in [0.3, 0.4) is 0 Å². The molecule has 0 aromatic rings. The van der Waals surface area contributed by atoms with Gasteiger partial charge in [0.25, 0.3) is 0 Å². The molecule has 2 heteroatoms. The second kappa shape index (κ2) is 9.80. The highest BCUT2D eigenvalue weighted by molar-refractivity contribution is 4.68. The smallest absolute Gasteiger partial charge is 0.0578 e. The minimum absolute atomic E-state index is 0.432. The Balaban J connectivity index is 1.90. The maximum absolute atomic E-state index is 6.04. The molecule has 108 valence electrons. The first kappa shape index (κ1) is 16.0. The van der Waals surface area contributed by atoms with Crippen LogP contribution in [0.15, 0.2) is 0 Å². The Kier molecular flexibility index (Phi) is 8.70. The molecule has 0 spiro atoms. The first-order valence-corrected chi connectivity index (χ1v) is 7.99. The summed E-state index contributed by atoms with van der Waals surface area (Å²) in [5, 5.41) is 0. The first-order valence-electron chi connectivity index (χ1n) is 7.99. The van der Waals surface area contributed by atoms with E-state index >= 15 is 0 Å². The Hall–Kier alpha value is -0.0800. The SMILES string of the molecule is CCCC(C)OCCCCC(C)OC1CCCC1. The monoisotopic (exact) mass is 256 g/mol. The van der Waals surface area contributed by atoms with Gasteiger partial charge in [-0.05, 0) is 52.4 Å². The lowest BCUT2D eigenvalue weighted by molar-refractivity contribution is -0.00499. The Labute approximate surface area is 113 Å². The van der Waals surface area contributed by atoms with E-state index in [2.05, 4.69) is 20.8 Å². The van der Waals surface area contributed by atoms with E-state index in [1.807, 2.05) is 0 Å². The number of rotatable bonds is 10. The van der Waals surface area contributed by atoms with Crippen LogP contribution in [0.4, 0.5) is 0 Å². The molecule has 0 amide bonds. The van der Waals surface area contributed by atoms with Crippen molar-refractivity contribution in [1.29, 1.82) is 0 Å². The molecule has 1 aliphatic rings. The summed E-state index contributed by atoms with van der Waals surface area (Å²) in [7, 11) is 0. The molecule has 0 radical (unpaired) electrons. The first-order chi connectivity index (χ1) is 8.72. The molecule has 2 unspecified atom stereocenters. The van der Waals surface area contributed by atoms with Crippen molar-refractivity contribution in [2.24, 2.45) is 0 Å². The topological polar surface area (TPSA) is 18.5 Å². The zero-order valence-corrected chi connectivity index (χ0v) is 12.6. The Morgan fingerprint density at radius 2 is 1.72 bits per heavy atom. The number of hydrogen-bond donors (Lipinski definition) is 0. The van der Waals surface area contributed by atoms with Gasteiger partial charge in [0, 0.05) is 6.61 Å². The summed E-state index contributed by atoms with van der Waals surface area (Å²) in [6.45, 7) is 7.52. The second-order valence-corrected chi connectivity index (χ2v) is 5.82. The van der Waals surface area contributed by atoms with Gasteiger partial charge in [-0.2, -0.15) is 0 Å². The van der Waals surface area contributed by atoms with Crippen molar-refractivity contribution in [3.05, 3.63) is 0 Å². The Morgan fingerprint density at radius 1 is 1.00 bits per heavy atom. The Bertz CT molecular complexity index is 188. The van der Waals surface area contributed by atoms with Gasteiger partial charge in [0.2, 0.25) is 0 Å². The number of hydrogen-bond acceptors (Lipinski definition) is 2. The standard InChI is InChI=1S/C16H32O2/c1-4-9-14(2)17-13-8-7-10-15(3)18-16-11-5-6-12-16/h14-16H,4-13H2,1-3H3. The van der Waals surface area contributed by atoms with Gasteiger partial charge >= 0.3 is 0 Å². The lowest BCUT2D eigenvalue weighted by Crippen LogP contribution is -2.17. The highest BCUT2D eigenvalue weighted by Gasteiger charge is 2.17. The molecule has 0 N–H and O–H groups in total. The molecular weight excluding hydrogens is 224 g/mol. The van der Waals surface area contributed by atoms with Crippen LogP contribution < -0.4 is 0 Å². The quantitative estimate of drug-likeness (QED) is 0.527. The summed E-state index contributed by atoms with van der Waals surface area (Å²) < 4.78 is 11.8. The van der Waals surface area contributed by atoms with E-state index in [1.165, 1.54) is 57.8 Å². The summed E-state index contributed by atoms with van der Waals surface area (Å²) in [5.41, 5.74) is 0. The van der Waals surface area contributed by atoms with Crippen LogP contribution in [0.5, 0.6) is 0 Å². The van der Waals surface area contributed by atoms with Crippen molar-refractivity contribution < 1.29 is 9.47 Å². The summed E-state index contributed by atoms with van der Waals surface area (Å²) in [5.74, 6) is 0. The predicted molar refractivity (Wildman–Crippen MR) is 77.0 cm³/mol. The van der Waals surface area contributed by atoms with E-state index in [-0.39, 0.29) is 0 Å². The van der Waals surface area contributed by atoms with E-state index in [0.717, 1.165) is 6.61 Å². The number of unbranched alkanes of at least 4 members (excludes halogenated alkanes) is 1. The fourth-order valence-corrected chi connectivity index (χ4v) is 2.73. The molecule has 1 saturated carbocycles. The summed E-state index contributed by atoms with van der Waals surface area (Å²) in [4.78, 5) is 0. The lowest BCUT2D eigenvalue weighted by atomic mass is 10.1. The zero-order chi connectivity index (χ0) is 13.2. The minimum atomic E-state index is 0.432. The minimum Gasteiger partial charge on any atom is -0.379 e. The number of ether oxygens (including phenoxy) is 2. The molecule has 0 aromatic carbocycles. The van der Waals surface area contributed by atoms with Gasteiger partial charge in [-0.1, -0.05) is 26.2 Å². The van der Waals surface area contributed by atoms with Gasteiger partial charge in [0.05, 0.1) is 18.3 Å². The van der Waals surface area contributed by atoms with Gasteiger partial charge in [-0.3, -0.25) is 0 Å². The maximum Gasteiger partial charge on any atom is 0.0578 e. The van der Waals surface area contributed by atoms with Crippen LogP contribution in [-0.2, 0) is 9.47 Å². The average Bonchev–Trinajstić information content (AvgIpc) is 2.81. The third-order valence-electron chi connectivity index (χ3n) is 3.83. The molecule has 0 heterocycles. The van der Waals surface area contributed by atoms with Gasteiger partial charge in [-0.15, -0.1) is 0 Å². The van der Waals surface area contributed by atoms with Gasteiger partial charge in [-0.25, -0.2) is 0 Å². The molecule has 1 rings (SSSR count). The fourth-order valence-electron chi connectivity index (χ4n) is 2.73. The van der Waals surface area contributed by atoms with E-state index in [9.17, 15) is 0 Å². The zero-order valence-electron chi connectivity index (χ0n) is 12.6. The van der Waals surface area contributed by atoms with Crippen molar-refractivity contribution in [2.75, 3.05) is 6.61 Å². The largest absolute Gasteiger partial charge is 0.379 e. The highest BCUT2D eigenvalue weighted by atomic mass is 16.5. The summed E-state index contributed by atoms with van der Waals surface area (Å²) in [6.07, 6.45) is 12.7. The maximum atomic E-state index is 6.04. The van der Waals surface area contributed by atoms with Crippen LogP contribution in [-0.4, -0.2) is 24.9 Å². The fraction of sp³-hybridized carbons (Fsp3) is 1.00. The third kappa shape index (κ3) is 7.38. The van der Waals surface area contributed by atoms with Crippen molar-refractivity contribution in [3.63, 3.8) is 0 Å². The highest BCUT2D eigenvalue weighted by Crippen LogP contribution is 2.23. The third-order valence-corrected chi connectivity index (χ3v) is 3.83. The molecule has 2 nitrogen and oxygen atoms in total. The van der Waals surface area contributed by atoms with Crippen LogP contribution in [0.2, 0.25) is 0 Å². The van der Waals surface area contributed by atoms with E-state index in [1.54, 1.807) is 0 Å².